The first kappa shape index (κ1) is 18.3. The van der Waals surface area contributed by atoms with Gasteiger partial charge in [0.15, 0.2) is 41.4 Å². The van der Waals surface area contributed by atoms with Gasteiger partial charge in [-0.1, -0.05) is 12.1 Å². The summed E-state index contributed by atoms with van der Waals surface area (Å²) in [6.45, 7) is -0.699. The molecular weight excluding hydrogens is 354 g/mol. The average molecular weight is 362 g/mol. The van der Waals surface area contributed by atoms with Crippen LogP contribution in [0.1, 0.15) is 5.56 Å². The van der Waals surface area contributed by atoms with Crippen molar-refractivity contribution in [3.05, 3.63) is 64.7 Å². The molecule has 0 heterocycles. The molecule has 0 spiro atoms. The summed E-state index contributed by atoms with van der Waals surface area (Å²) >= 11 is 0. The lowest BCUT2D eigenvalue weighted by Crippen LogP contribution is -2.25. The lowest BCUT2D eigenvalue weighted by molar-refractivity contribution is -0.123. The number of amides is 1. The van der Waals surface area contributed by atoms with Crippen molar-refractivity contribution in [2.24, 2.45) is 5.10 Å². The SMILES string of the molecule is O=C(COc1ccccc1F)N/N=C/c1c(F)c(F)c(F)c(F)c1F. The molecule has 0 aliphatic heterocycles. The maximum absolute atomic E-state index is 13.3. The van der Waals surface area contributed by atoms with Crippen LogP contribution in [-0.2, 0) is 4.79 Å². The zero-order valence-electron chi connectivity index (χ0n) is 12.1. The number of para-hydroxylation sites is 1. The maximum Gasteiger partial charge on any atom is 0.277 e. The molecule has 0 atom stereocenters. The normalized spacial score (nSPS) is 11.0. The monoisotopic (exact) mass is 362 g/mol. The zero-order chi connectivity index (χ0) is 18.6. The molecular formula is C15H8F6N2O2. The molecule has 0 unspecified atom stereocenters. The van der Waals surface area contributed by atoms with Crippen LogP contribution in [0.3, 0.4) is 0 Å². The molecule has 2 aromatic carbocycles. The second-order valence-electron chi connectivity index (χ2n) is 4.50. The summed E-state index contributed by atoms with van der Waals surface area (Å²) in [4.78, 5) is 11.4. The molecule has 25 heavy (non-hydrogen) atoms. The Morgan fingerprint density at radius 3 is 2.12 bits per heavy atom. The van der Waals surface area contributed by atoms with Gasteiger partial charge in [-0.05, 0) is 12.1 Å². The lowest BCUT2D eigenvalue weighted by Gasteiger charge is -2.06. The Hall–Kier alpha value is -3.04. The highest BCUT2D eigenvalue weighted by molar-refractivity contribution is 5.83. The summed E-state index contributed by atoms with van der Waals surface area (Å²) in [5.74, 6) is -12.7. The molecule has 0 saturated carbocycles. The van der Waals surface area contributed by atoms with E-state index in [0.29, 0.717) is 0 Å². The van der Waals surface area contributed by atoms with Crippen LogP contribution in [0.2, 0.25) is 0 Å². The quantitative estimate of drug-likeness (QED) is 0.292. The third kappa shape index (κ3) is 4.08. The van der Waals surface area contributed by atoms with Gasteiger partial charge in [-0.25, -0.2) is 31.8 Å². The molecule has 132 valence electrons. The van der Waals surface area contributed by atoms with Gasteiger partial charge in [0, 0.05) is 0 Å². The molecule has 0 saturated heterocycles. The summed E-state index contributed by atoms with van der Waals surface area (Å²) in [5.41, 5.74) is 0.413. The molecule has 2 rings (SSSR count). The minimum absolute atomic E-state index is 0.221. The predicted octanol–water partition coefficient (Wildman–Crippen LogP) is 3.05. The molecule has 0 fully saturated rings. The molecule has 0 aliphatic rings. The number of hydrazone groups is 1. The third-order valence-electron chi connectivity index (χ3n) is 2.82. The van der Waals surface area contributed by atoms with Crippen molar-refractivity contribution in [2.45, 2.75) is 0 Å². The van der Waals surface area contributed by atoms with Crippen LogP contribution >= 0.6 is 0 Å². The van der Waals surface area contributed by atoms with Gasteiger partial charge in [-0.3, -0.25) is 4.79 Å². The molecule has 0 aromatic heterocycles. The lowest BCUT2D eigenvalue weighted by atomic mass is 10.2. The number of rotatable bonds is 5. The van der Waals surface area contributed by atoms with Crippen molar-refractivity contribution in [2.75, 3.05) is 6.61 Å². The van der Waals surface area contributed by atoms with Gasteiger partial charge in [0.05, 0.1) is 11.8 Å². The molecule has 0 aliphatic carbocycles. The minimum atomic E-state index is -2.31. The molecule has 10 heteroatoms. The number of ether oxygens (including phenoxy) is 1. The number of nitrogens with zero attached hydrogens (tertiary/aromatic N) is 1. The van der Waals surface area contributed by atoms with Gasteiger partial charge in [0.25, 0.3) is 5.91 Å². The van der Waals surface area contributed by atoms with Crippen molar-refractivity contribution >= 4 is 12.1 Å². The second kappa shape index (κ2) is 7.69. The second-order valence-corrected chi connectivity index (χ2v) is 4.50. The highest BCUT2D eigenvalue weighted by Gasteiger charge is 2.24. The first-order chi connectivity index (χ1) is 11.8. The smallest absolute Gasteiger partial charge is 0.277 e. The van der Waals surface area contributed by atoms with Crippen molar-refractivity contribution in [3.63, 3.8) is 0 Å². The fourth-order valence-corrected chi connectivity index (χ4v) is 1.64. The van der Waals surface area contributed by atoms with Crippen LogP contribution < -0.4 is 10.2 Å². The summed E-state index contributed by atoms with van der Waals surface area (Å²) in [6, 6.07) is 5.20. The van der Waals surface area contributed by atoms with Gasteiger partial charge in [-0.15, -0.1) is 0 Å². The average Bonchev–Trinajstić information content (AvgIpc) is 2.60. The summed E-state index contributed by atoms with van der Waals surface area (Å²) in [6.07, 6.45) is 0.247. The van der Waals surface area contributed by atoms with E-state index < -0.39 is 53.0 Å². The van der Waals surface area contributed by atoms with Gasteiger partial charge < -0.3 is 4.74 Å². The Kier molecular flexibility index (Phi) is 5.63. The van der Waals surface area contributed by atoms with Crippen LogP contribution in [0.15, 0.2) is 29.4 Å². The van der Waals surface area contributed by atoms with Gasteiger partial charge in [0.2, 0.25) is 5.82 Å². The van der Waals surface area contributed by atoms with Crippen LogP contribution in [0.4, 0.5) is 26.3 Å². The first-order valence-corrected chi connectivity index (χ1v) is 6.53. The van der Waals surface area contributed by atoms with E-state index in [2.05, 4.69) is 5.10 Å². The number of nitrogens with one attached hydrogen (secondary N) is 1. The first-order valence-electron chi connectivity index (χ1n) is 6.53. The van der Waals surface area contributed by atoms with Crippen molar-refractivity contribution < 1.29 is 35.9 Å². The van der Waals surface area contributed by atoms with Crippen LogP contribution in [0.5, 0.6) is 5.75 Å². The highest BCUT2D eigenvalue weighted by atomic mass is 19.2. The fraction of sp³-hybridized carbons (Fsp3) is 0.0667. The largest absolute Gasteiger partial charge is 0.481 e. The van der Waals surface area contributed by atoms with Gasteiger partial charge in [0.1, 0.15) is 0 Å². The topological polar surface area (TPSA) is 50.7 Å². The Labute approximate surface area is 136 Å². The van der Waals surface area contributed by atoms with Crippen LogP contribution in [0.25, 0.3) is 0 Å². The highest BCUT2D eigenvalue weighted by Crippen LogP contribution is 2.21. The fourth-order valence-electron chi connectivity index (χ4n) is 1.64. The van der Waals surface area contributed by atoms with Crippen LogP contribution in [0, 0.1) is 34.9 Å². The summed E-state index contributed by atoms with van der Waals surface area (Å²) in [5, 5.41) is 3.08. The van der Waals surface area contributed by atoms with E-state index in [0.717, 1.165) is 6.07 Å². The molecule has 2 aromatic rings. The van der Waals surface area contributed by atoms with Crippen LogP contribution in [-0.4, -0.2) is 18.7 Å². The Morgan fingerprint density at radius 1 is 0.960 bits per heavy atom. The summed E-state index contributed by atoms with van der Waals surface area (Å²) in [7, 11) is 0. The van der Waals surface area contributed by atoms with E-state index >= 15 is 0 Å². The number of halogens is 6. The predicted molar refractivity (Wildman–Crippen MR) is 73.9 cm³/mol. The third-order valence-corrected chi connectivity index (χ3v) is 2.82. The van der Waals surface area contributed by atoms with Crippen molar-refractivity contribution in [1.29, 1.82) is 0 Å². The van der Waals surface area contributed by atoms with E-state index in [4.69, 9.17) is 4.74 Å². The Balaban J connectivity index is 2.02. The van der Waals surface area contributed by atoms with E-state index in [1.165, 1.54) is 18.2 Å². The molecule has 0 radical (unpaired) electrons. The zero-order valence-corrected chi connectivity index (χ0v) is 12.1. The number of hydrogen-bond acceptors (Lipinski definition) is 3. The Morgan fingerprint density at radius 2 is 1.52 bits per heavy atom. The molecule has 4 nitrogen and oxygen atoms in total. The van der Waals surface area contributed by atoms with Gasteiger partial charge in [-0.2, -0.15) is 5.10 Å². The van der Waals surface area contributed by atoms with E-state index in [1.807, 2.05) is 0 Å². The minimum Gasteiger partial charge on any atom is -0.481 e. The maximum atomic E-state index is 13.3. The number of carbonyl (C=O) groups is 1. The van der Waals surface area contributed by atoms with Crippen molar-refractivity contribution in [1.82, 2.24) is 5.43 Å². The number of benzene rings is 2. The van der Waals surface area contributed by atoms with E-state index in [1.54, 1.807) is 5.43 Å². The standard InChI is InChI=1S/C15H8F6N2O2/c16-8-3-1-2-4-9(8)25-6-10(24)23-22-5-7-11(17)13(19)15(21)14(20)12(7)18/h1-5H,6H2,(H,23,24)/b22-5+. The van der Waals surface area contributed by atoms with Gasteiger partial charge >= 0.3 is 0 Å². The summed E-state index contributed by atoms with van der Waals surface area (Å²) < 4.78 is 83.6. The Bertz CT molecular complexity index is 812. The number of carbonyl (C=O) groups excluding carboxylic acids is 1. The molecule has 1 amide bonds. The van der Waals surface area contributed by atoms with E-state index in [9.17, 15) is 31.1 Å². The van der Waals surface area contributed by atoms with Crippen molar-refractivity contribution in [3.8, 4) is 5.75 Å². The molecule has 1 N–H and O–H groups in total. The van der Waals surface area contributed by atoms with E-state index in [-0.39, 0.29) is 12.0 Å². The molecule has 0 bridgehead atoms. The number of hydrogen-bond donors (Lipinski definition) is 1.